The van der Waals surface area contributed by atoms with Gasteiger partial charge in [0.2, 0.25) is 5.76 Å². The first-order chi connectivity index (χ1) is 17.2. The van der Waals surface area contributed by atoms with Crippen LogP contribution in [0.25, 0.3) is 11.3 Å². The highest BCUT2D eigenvalue weighted by atomic mass is 19.1. The van der Waals surface area contributed by atoms with Crippen molar-refractivity contribution in [2.45, 2.75) is 13.1 Å². The van der Waals surface area contributed by atoms with E-state index in [-0.39, 0.29) is 17.5 Å². The molecular weight excluding hydrogens is 443 g/mol. The number of carbonyl (C=O) groups excluding carboxylic acids is 1. The van der Waals surface area contributed by atoms with Gasteiger partial charge >= 0.3 is 0 Å². The summed E-state index contributed by atoms with van der Waals surface area (Å²) in [6, 6.07) is 26.2. The number of hydrogen-bond donors (Lipinski definition) is 1. The molecule has 0 atom stereocenters. The van der Waals surface area contributed by atoms with Gasteiger partial charge in [-0.05, 0) is 35.4 Å². The normalized spacial score (nSPS) is 14.1. The highest BCUT2D eigenvalue weighted by molar-refractivity contribution is 5.92. The number of amides is 1. The van der Waals surface area contributed by atoms with Crippen molar-refractivity contribution in [1.82, 2.24) is 15.4 Å². The van der Waals surface area contributed by atoms with E-state index in [4.69, 9.17) is 4.52 Å². The third-order valence-electron chi connectivity index (χ3n) is 6.30. The minimum absolute atomic E-state index is 0.0961. The number of rotatable bonds is 7. The molecule has 1 aromatic heterocycles. The molecule has 5 rings (SSSR count). The van der Waals surface area contributed by atoms with Crippen molar-refractivity contribution in [2.24, 2.45) is 0 Å². The Morgan fingerprint density at radius 2 is 1.63 bits per heavy atom. The number of anilines is 1. The smallest absolute Gasteiger partial charge is 0.290 e. The number of hydrogen-bond acceptors (Lipinski definition) is 5. The number of halogens is 1. The Bertz CT molecular complexity index is 1280. The minimum atomic E-state index is -0.366. The lowest BCUT2D eigenvalue weighted by Crippen LogP contribution is -2.46. The van der Waals surface area contributed by atoms with Crippen LogP contribution in [0.5, 0.6) is 0 Å². The van der Waals surface area contributed by atoms with E-state index >= 15 is 0 Å². The monoisotopic (exact) mass is 470 g/mol. The summed E-state index contributed by atoms with van der Waals surface area (Å²) in [6.45, 7) is 5.16. The lowest BCUT2D eigenvalue weighted by Gasteiger charge is -2.36. The molecule has 1 amide bonds. The third-order valence-corrected chi connectivity index (χ3v) is 6.30. The minimum Gasteiger partial charge on any atom is -0.369 e. The van der Waals surface area contributed by atoms with Crippen molar-refractivity contribution in [3.63, 3.8) is 0 Å². The van der Waals surface area contributed by atoms with Gasteiger partial charge in [0.15, 0.2) is 0 Å². The summed E-state index contributed by atoms with van der Waals surface area (Å²) in [7, 11) is 0. The molecule has 7 heteroatoms. The molecule has 178 valence electrons. The number of para-hydroxylation sites is 1. The topological polar surface area (TPSA) is 61.6 Å². The molecule has 0 radical (unpaired) electrons. The summed E-state index contributed by atoms with van der Waals surface area (Å²) in [5.74, 6) is -0.625. The second kappa shape index (κ2) is 10.5. The van der Waals surface area contributed by atoms with Crippen LogP contribution >= 0.6 is 0 Å². The highest BCUT2D eigenvalue weighted by Crippen LogP contribution is 2.21. The fourth-order valence-electron chi connectivity index (χ4n) is 4.36. The Labute approximate surface area is 204 Å². The number of carbonyl (C=O) groups is 1. The molecule has 6 nitrogen and oxygen atoms in total. The zero-order valence-corrected chi connectivity index (χ0v) is 19.4. The van der Waals surface area contributed by atoms with E-state index in [9.17, 15) is 9.18 Å². The molecule has 0 saturated carbocycles. The maximum atomic E-state index is 13.5. The summed E-state index contributed by atoms with van der Waals surface area (Å²) in [4.78, 5) is 17.5. The number of nitrogens with one attached hydrogen (secondary N) is 1. The van der Waals surface area contributed by atoms with Gasteiger partial charge in [0.1, 0.15) is 11.5 Å². The molecule has 0 aliphatic carbocycles. The number of nitrogens with zero attached hydrogens (tertiary/aromatic N) is 3. The Balaban J connectivity index is 1.18. The SMILES string of the molecule is O=C(NCc1ccccc1CN1CCN(c2ccccc2)CC1)c1cc(-c2cccc(F)c2)no1. The van der Waals surface area contributed by atoms with Gasteiger partial charge in [-0.1, -0.05) is 59.8 Å². The average Bonchev–Trinajstić information content (AvgIpc) is 3.40. The van der Waals surface area contributed by atoms with Crippen LogP contribution in [0.3, 0.4) is 0 Å². The molecule has 1 fully saturated rings. The third kappa shape index (κ3) is 5.58. The van der Waals surface area contributed by atoms with Crippen LogP contribution < -0.4 is 10.2 Å². The maximum Gasteiger partial charge on any atom is 0.290 e. The molecular formula is C28H27FN4O2. The van der Waals surface area contributed by atoms with Crippen LogP contribution in [0.2, 0.25) is 0 Å². The zero-order chi connectivity index (χ0) is 24.0. The van der Waals surface area contributed by atoms with Gasteiger partial charge in [0.05, 0.1) is 0 Å². The zero-order valence-electron chi connectivity index (χ0n) is 19.4. The quantitative estimate of drug-likeness (QED) is 0.423. The molecule has 0 unspecified atom stereocenters. The summed E-state index contributed by atoms with van der Waals surface area (Å²) < 4.78 is 18.7. The first kappa shape index (κ1) is 22.8. The first-order valence-corrected chi connectivity index (χ1v) is 11.8. The van der Waals surface area contributed by atoms with E-state index in [2.05, 4.69) is 50.6 Å². The summed E-state index contributed by atoms with van der Waals surface area (Å²) in [5, 5.41) is 6.84. The van der Waals surface area contributed by atoms with Crippen LogP contribution in [0.1, 0.15) is 21.7 Å². The Morgan fingerprint density at radius 1 is 0.886 bits per heavy atom. The van der Waals surface area contributed by atoms with Crippen molar-refractivity contribution in [2.75, 3.05) is 31.1 Å². The number of piperazine rings is 1. The van der Waals surface area contributed by atoms with Gasteiger partial charge in [-0.2, -0.15) is 0 Å². The second-order valence-corrected chi connectivity index (χ2v) is 8.64. The van der Waals surface area contributed by atoms with Crippen LogP contribution in [0.15, 0.2) is 89.5 Å². The predicted molar refractivity (Wildman–Crippen MR) is 133 cm³/mol. The van der Waals surface area contributed by atoms with Crippen LogP contribution in [-0.4, -0.2) is 42.1 Å². The molecule has 1 aliphatic heterocycles. The molecule has 4 aromatic rings. The molecule has 35 heavy (non-hydrogen) atoms. The van der Waals surface area contributed by atoms with Crippen LogP contribution in [-0.2, 0) is 13.1 Å². The van der Waals surface area contributed by atoms with Gasteiger partial charge in [0.25, 0.3) is 5.91 Å². The van der Waals surface area contributed by atoms with E-state index < -0.39 is 0 Å². The van der Waals surface area contributed by atoms with Crippen LogP contribution in [0, 0.1) is 5.82 Å². The molecule has 1 aliphatic rings. The van der Waals surface area contributed by atoms with Gasteiger partial charge in [-0.3, -0.25) is 9.69 Å². The summed E-state index contributed by atoms with van der Waals surface area (Å²) in [5.41, 5.74) is 4.51. The van der Waals surface area contributed by atoms with E-state index in [0.29, 0.717) is 17.8 Å². The van der Waals surface area contributed by atoms with E-state index in [0.717, 1.165) is 38.3 Å². The molecule has 0 spiro atoms. The average molecular weight is 471 g/mol. The van der Waals surface area contributed by atoms with Crippen molar-refractivity contribution in [1.29, 1.82) is 0 Å². The first-order valence-electron chi connectivity index (χ1n) is 11.8. The largest absolute Gasteiger partial charge is 0.369 e. The van der Waals surface area contributed by atoms with Gasteiger partial charge in [-0.15, -0.1) is 0 Å². The fourth-order valence-corrected chi connectivity index (χ4v) is 4.36. The summed E-state index contributed by atoms with van der Waals surface area (Å²) in [6.07, 6.45) is 0. The van der Waals surface area contributed by atoms with Gasteiger partial charge in [0, 0.05) is 56.6 Å². The van der Waals surface area contributed by atoms with E-state index in [1.165, 1.54) is 29.4 Å². The van der Waals surface area contributed by atoms with Gasteiger partial charge in [-0.25, -0.2) is 4.39 Å². The number of aromatic nitrogens is 1. The number of benzene rings is 3. The molecule has 1 saturated heterocycles. The predicted octanol–water partition coefficient (Wildman–Crippen LogP) is 4.73. The second-order valence-electron chi connectivity index (χ2n) is 8.64. The van der Waals surface area contributed by atoms with E-state index in [1.54, 1.807) is 12.1 Å². The van der Waals surface area contributed by atoms with Crippen molar-refractivity contribution < 1.29 is 13.7 Å². The standard InChI is InChI=1S/C28H27FN4O2/c29-24-10-6-9-21(17-24)26-18-27(35-31-26)28(34)30-19-22-7-4-5-8-23(22)20-32-13-15-33(16-14-32)25-11-2-1-3-12-25/h1-12,17-18H,13-16,19-20H2,(H,30,34). The summed E-state index contributed by atoms with van der Waals surface area (Å²) >= 11 is 0. The van der Waals surface area contributed by atoms with Crippen molar-refractivity contribution >= 4 is 11.6 Å². The molecule has 3 aromatic carbocycles. The lowest BCUT2D eigenvalue weighted by molar-refractivity contribution is 0.0914. The fraction of sp³-hybridized carbons (Fsp3) is 0.214. The van der Waals surface area contributed by atoms with Crippen molar-refractivity contribution in [3.05, 3.63) is 108 Å². The van der Waals surface area contributed by atoms with Crippen LogP contribution in [0.4, 0.5) is 10.1 Å². The molecule has 2 heterocycles. The highest BCUT2D eigenvalue weighted by Gasteiger charge is 2.19. The Kier molecular flexibility index (Phi) is 6.86. The molecule has 1 N–H and O–H groups in total. The van der Waals surface area contributed by atoms with E-state index in [1.807, 2.05) is 24.3 Å². The lowest BCUT2D eigenvalue weighted by atomic mass is 10.1. The van der Waals surface area contributed by atoms with Crippen molar-refractivity contribution in [3.8, 4) is 11.3 Å². The maximum absolute atomic E-state index is 13.5. The Hall–Kier alpha value is -3.97. The Morgan fingerprint density at radius 3 is 2.40 bits per heavy atom. The van der Waals surface area contributed by atoms with Gasteiger partial charge < -0.3 is 14.7 Å². The molecule has 0 bridgehead atoms.